The van der Waals surface area contributed by atoms with Gasteiger partial charge >= 0.3 is 12.3 Å². The molecule has 0 unspecified atom stereocenters. The molecule has 0 spiro atoms. The molecule has 2 aromatic rings. The van der Waals surface area contributed by atoms with Crippen molar-refractivity contribution < 1.29 is 32.6 Å². The van der Waals surface area contributed by atoms with Crippen molar-refractivity contribution in [2.24, 2.45) is 0 Å². The Labute approximate surface area is 156 Å². The number of hydrogen-bond acceptors (Lipinski definition) is 5. The minimum atomic E-state index is -4.88. The number of thiazole rings is 1. The van der Waals surface area contributed by atoms with Gasteiger partial charge < -0.3 is 14.7 Å². The number of ether oxygens (including phenoxy) is 1. The van der Waals surface area contributed by atoms with Crippen molar-refractivity contribution in [3.05, 3.63) is 45.9 Å². The van der Waals surface area contributed by atoms with Gasteiger partial charge in [-0.25, -0.2) is 9.78 Å². The Morgan fingerprint density at radius 3 is 2.48 bits per heavy atom. The highest BCUT2D eigenvalue weighted by atomic mass is 32.1. The second-order valence-electron chi connectivity index (χ2n) is 5.99. The van der Waals surface area contributed by atoms with Crippen molar-refractivity contribution in [3.63, 3.8) is 0 Å². The van der Waals surface area contributed by atoms with Gasteiger partial charge in [-0.2, -0.15) is 0 Å². The highest BCUT2D eigenvalue weighted by Crippen LogP contribution is 2.32. The summed E-state index contributed by atoms with van der Waals surface area (Å²) >= 11 is 1.26. The predicted octanol–water partition coefficient (Wildman–Crippen LogP) is 3.76. The van der Waals surface area contributed by atoms with Crippen LogP contribution in [-0.2, 0) is 0 Å². The molecule has 1 fully saturated rings. The molecule has 1 aromatic heterocycles. The summed E-state index contributed by atoms with van der Waals surface area (Å²) < 4.78 is 41.5. The van der Waals surface area contributed by atoms with Gasteiger partial charge in [-0.1, -0.05) is 12.1 Å². The first-order chi connectivity index (χ1) is 12.7. The lowest BCUT2D eigenvalue weighted by Crippen LogP contribution is -2.38. The standard InChI is InChI=1S/C17H15F3N2O4S/c18-17(19,20)26-13-4-2-1-3-11(13)15(23)22-7-5-10(6-8-22)14-21-12(9-27-14)16(24)25/h1-4,9-10H,5-8H2,(H,24,25). The Balaban J connectivity index is 1.67. The van der Waals surface area contributed by atoms with Crippen molar-refractivity contribution >= 4 is 23.2 Å². The third-order valence-corrected chi connectivity index (χ3v) is 5.22. The molecule has 0 atom stereocenters. The van der Waals surface area contributed by atoms with E-state index in [4.69, 9.17) is 5.11 Å². The fraction of sp³-hybridized carbons (Fsp3) is 0.353. The lowest BCUT2D eigenvalue weighted by molar-refractivity contribution is -0.274. The van der Waals surface area contributed by atoms with E-state index in [0.717, 1.165) is 6.07 Å². The van der Waals surface area contributed by atoms with Crippen LogP contribution in [-0.4, -0.2) is 46.3 Å². The van der Waals surface area contributed by atoms with Gasteiger partial charge in [0.15, 0.2) is 5.69 Å². The van der Waals surface area contributed by atoms with E-state index in [-0.39, 0.29) is 17.2 Å². The van der Waals surface area contributed by atoms with E-state index in [9.17, 15) is 22.8 Å². The smallest absolute Gasteiger partial charge is 0.476 e. The number of carbonyl (C=O) groups excluding carboxylic acids is 1. The molecule has 0 saturated carbocycles. The second kappa shape index (κ2) is 7.55. The minimum absolute atomic E-state index is 0.00765. The van der Waals surface area contributed by atoms with Crippen molar-refractivity contribution in [3.8, 4) is 5.75 Å². The van der Waals surface area contributed by atoms with Crippen molar-refractivity contribution in [1.29, 1.82) is 0 Å². The average Bonchev–Trinajstić information content (AvgIpc) is 3.11. The van der Waals surface area contributed by atoms with E-state index in [1.165, 1.54) is 39.8 Å². The summed E-state index contributed by atoms with van der Waals surface area (Å²) in [7, 11) is 0. The molecule has 1 aliphatic heterocycles. The summed E-state index contributed by atoms with van der Waals surface area (Å²) in [5, 5.41) is 11.1. The molecule has 0 radical (unpaired) electrons. The van der Waals surface area contributed by atoms with Crippen molar-refractivity contribution in [2.45, 2.75) is 25.1 Å². The number of rotatable bonds is 4. The number of likely N-dealkylation sites (tertiary alicyclic amines) is 1. The summed E-state index contributed by atoms with van der Waals surface area (Å²) in [5.41, 5.74) is -0.151. The van der Waals surface area contributed by atoms with Crippen LogP contribution in [0.2, 0.25) is 0 Å². The fourth-order valence-corrected chi connectivity index (χ4v) is 3.90. The van der Waals surface area contributed by atoms with E-state index in [2.05, 4.69) is 9.72 Å². The van der Waals surface area contributed by atoms with E-state index in [0.29, 0.717) is 30.9 Å². The number of piperidine rings is 1. The molecule has 1 saturated heterocycles. The van der Waals surface area contributed by atoms with Crippen LogP contribution in [0.1, 0.15) is 44.6 Å². The number of hydrogen-bond donors (Lipinski definition) is 1. The number of nitrogens with zero attached hydrogens (tertiary/aromatic N) is 2. The van der Waals surface area contributed by atoms with E-state index >= 15 is 0 Å². The highest BCUT2D eigenvalue weighted by Gasteiger charge is 2.34. The SMILES string of the molecule is O=C(O)c1csc(C2CCN(C(=O)c3ccccc3OC(F)(F)F)CC2)n1. The van der Waals surface area contributed by atoms with Gasteiger partial charge in [-0.15, -0.1) is 24.5 Å². The van der Waals surface area contributed by atoms with Crippen molar-refractivity contribution in [1.82, 2.24) is 9.88 Å². The van der Waals surface area contributed by atoms with E-state index in [1.807, 2.05) is 0 Å². The molecule has 0 aliphatic carbocycles. The number of aromatic carboxylic acids is 1. The maximum Gasteiger partial charge on any atom is 0.573 e. The Bertz CT molecular complexity index is 845. The number of alkyl halides is 3. The van der Waals surface area contributed by atoms with Crippen LogP contribution in [0.15, 0.2) is 29.6 Å². The number of aromatic nitrogens is 1. The largest absolute Gasteiger partial charge is 0.573 e. The molecule has 1 N–H and O–H groups in total. The molecule has 144 valence electrons. The third-order valence-electron chi connectivity index (χ3n) is 4.22. The van der Waals surface area contributed by atoms with Gasteiger partial charge in [0.25, 0.3) is 5.91 Å². The first kappa shape index (κ1) is 19.2. The zero-order valence-corrected chi connectivity index (χ0v) is 14.7. The van der Waals surface area contributed by atoms with Gasteiger partial charge in [-0.05, 0) is 25.0 Å². The maximum absolute atomic E-state index is 12.6. The molecule has 2 heterocycles. The highest BCUT2D eigenvalue weighted by molar-refractivity contribution is 7.09. The number of carboxylic acid groups (broad SMARTS) is 1. The summed E-state index contributed by atoms with van der Waals surface area (Å²) in [5.74, 6) is -2.12. The van der Waals surface area contributed by atoms with Crippen LogP contribution in [0, 0.1) is 0 Å². The van der Waals surface area contributed by atoms with Crippen LogP contribution in [0.4, 0.5) is 13.2 Å². The molecular weight excluding hydrogens is 385 g/mol. The second-order valence-corrected chi connectivity index (χ2v) is 6.88. The van der Waals surface area contributed by atoms with Crippen LogP contribution >= 0.6 is 11.3 Å². The van der Waals surface area contributed by atoms with Crippen LogP contribution in [0.25, 0.3) is 0 Å². The van der Waals surface area contributed by atoms with E-state index < -0.39 is 24.0 Å². The number of benzene rings is 1. The molecule has 1 amide bonds. The summed E-state index contributed by atoms with van der Waals surface area (Å²) in [4.78, 5) is 29.1. The van der Waals surface area contributed by atoms with Crippen molar-refractivity contribution in [2.75, 3.05) is 13.1 Å². The Morgan fingerprint density at radius 1 is 1.22 bits per heavy atom. The van der Waals surface area contributed by atoms with Crippen LogP contribution < -0.4 is 4.74 Å². The monoisotopic (exact) mass is 400 g/mol. The minimum Gasteiger partial charge on any atom is -0.476 e. The zero-order valence-electron chi connectivity index (χ0n) is 13.9. The lowest BCUT2D eigenvalue weighted by atomic mass is 9.97. The van der Waals surface area contributed by atoms with E-state index in [1.54, 1.807) is 0 Å². The molecule has 1 aliphatic rings. The number of para-hydroxylation sites is 1. The van der Waals surface area contributed by atoms with Gasteiger partial charge in [0.1, 0.15) is 5.75 Å². The third kappa shape index (κ3) is 4.57. The molecule has 1 aromatic carbocycles. The van der Waals surface area contributed by atoms with Gasteiger partial charge in [0.2, 0.25) is 0 Å². The average molecular weight is 400 g/mol. The maximum atomic E-state index is 12.6. The summed E-state index contributed by atoms with van der Waals surface area (Å²) in [6.07, 6.45) is -3.77. The topological polar surface area (TPSA) is 79.7 Å². The quantitative estimate of drug-likeness (QED) is 0.845. The first-order valence-electron chi connectivity index (χ1n) is 8.07. The summed E-state index contributed by atoms with van der Waals surface area (Å²) in [6.45, 7) is 0.678. The Kier molecular flexibility index (Phi) is 5.36. The molecule has 0 bridgehead atoms. The van der Waals surface area contributed by atoms with Crippen LogP contribution in [0.5, 0.6) is 5.75 Å². The molecular formula is C17H15F3N2O4S. The van der Waals surface area contributed by atoms with Gasteiger partial charge in [0, 0.05) is 24.4 Å². The number of carboxylic acids is 1. The molecule has 6 nitrogen and oxygen atoms in total. The Morgan fingerprint density at radius 2 is 1.89 bits per heavy atom. The predicted molar refractivity (Wildman–Crippen MR) is 90.1 cm³/mol. The van der Waals surface area contributed by atoms with Gasteiger partial charge in [0.05, 0.1) is 10.6 Å². The fourth-order valence-electron chi connectivity index (χ4n) is 2.93. The Hall–Kier alpha value is -2.62. The summed E-state index contributed by atoms with van der Waals surface area (Å²) in [6, 6.07) is 5.25. The molecule has 27 heavy (non-hydrogen) atoms. The lowest BCUT2D eigenvalue weighted by Gasteiger charge is -2.31. The number of carbonyl (C=O) groups is 2. The first-order valence-corrected chi connectivity index (χ1v) is 8.95. The number of amides is 1. The number of halogens is 3. The normalized spacial score (nSPS) is 15.6. The molecule has 3 rings (SSSR count). The van der Waals surface area contributed by atoms with Crippen LogP contribution in [0.3, 0.4) is 0 Å². The molecule has 10 heteroatoms. The zero-order chi connectivity index (χ0) is 19.6. The van der Waals surface area contributed by atoms with Gasteiger partial charge in [-0.3, -0.25) is 4.79 Å².